The maximum absolute atomic E-state index is 11.5. The molecule has 208 valence electrons. The molecule has 3 aromatic carbocycles. The molecule has 1 aliphatic rings. The third-order valence-corrected chi connectivity index (χ3v) is 6.15. The molecule has 1 aromatic heterocycles. The molecular weight excluding hydrogens is 530 g/mol. The van der Waals surface area contributed by atoms with E-state index in [1.165, 1.54) is 12.3 Å². The van der Waals surface area contributed by atoms with E-state index >= 15 is 0 Å². The molecule has 41 heavy (non-hydrogen) atoms. The first kappa shape index (κ1) is 26.9. The molecule has 0 spiro atoms. The Kier molecular flexibility index (Phi) is 8.19. The van der Waals surface area contributed by atoms with Gasteiger partial charge in [0.1, 0.15) is 5.75 Å². The highest BCUT2D eigenvalue weighted by atomic mass is 16.6. The zero-order valence-corrected chi connectivity index (χ0v) is 21.7. The number of nitrogens with zero attached hydrogens (tertiary/aromatic N) is 7. The second-order valence-electron chi connectivity index (χ2n) is 9.00. The van der Waals surface area contributed by atoms with E-state index in [1.807, 2.05) is 30.3 Å². The van der Waals surface area contributed by atoms with Crippen LogP contribution in [0.1, 0.15) is 24.8 Å². The number of para-hydroxylation sites is 2. The third kappa shape index (κ3) is 6.86. The summed E-state index contributed by atoms with van der Waals surface area (Å²) in [7, 11) is 0. The lowest BCUT2D eigenvalue weighted by molar-refractivity contribution is -0.394. The number of rotatable bonds is 10. The van der Waals surface area contributed by atoms with Crippen LogP contribution in [0.4, 0.5) is 34.9 Å². The van der Waals surface area contributed by atoms with Gasteiger partial charge in [0.25, 0.3) is 5.69 Å². The van der Waals surface area contributed by atoms with Crippen molar-refractivity contribution in [2.24, 2.45) is 5.10 Å². The molecule has 0 amide bonds. The summed E-state index contributed by atoms with van der Waals surface area (Å²) in [5, 5.41) is 30.0. The summed E-state index contributed by atoms with van der Waals surface area (Å²) in [6.45, 7) is 1.69. The van der Waals surface area contributed by atoms with Crippen LogP contribution in [0.15, 0.2) is 77.9 Å². The van der Waals surface area contributed by atoms with Gasteiger partial charge in [0.15, 0.2) is 0 Å². The average Bonchev–Trinajstić information content (AvgIpc) is 2.99. The van der Waals surface area contributed by atoms with Gasteiger partial charge in [-0.25, -0.2) is 5.43 Å². The zero-order chi connectivity index (χ0) is 28.6. The Morgan fingerprint density at radius 1 is 0.829 bits per heavy atom. The number of hydrogen-bond donors (Lipinski definition) is 2. The molecule has 5 rings (SSSR count). The Hall–Kier alpha value is -5.66. The van der Waals surface area contributed by atoms with Crippen LogP contribution in [0.5, 0.6) is 11.5 Å². The Morgan fingerprint density at radius 2 is 1.56 bits per heavy atom. The first-order valence-corrected chi connectivity index (χ1v) is 12.8. The monoisotopic (exact) mass is 555 g/mol. The predicted molar refractivity (Wildman–Crippen MR) is 153 cm³/mol. The van der Waals surface area contributed by atoms with Crippen molar-refractivity contribution in [3.8, 4) is 11.5 Å². The van der Waals surface area contributed by atoms with Gasteiger partial charge in [0, 0.05) is 30.4 Å². The van der Waals surface area contributed by atoms with Gasteiger partial charge >= 0.3 is 5.69 Å². The second kappa shape index (κ2) is 12.5. The van der Waals surface area contributed by atoms with Crippen molar-refractivity contribution in [1.82, 2.24) is 15.0 Å². The van der Waals surface area contributed by atoms with Gasteiger partial charge in [-0.3, -0.25) is 20.2 Å². The van der Waals surface area contributed by atoms with Crippen LogP contribution in [0.25, 0.3) is 0 Å². The summed E-state index contributed by atoms with van der Waals surface area (Å²) in [5.74, 6) is 1.23. The van der Waals surface area contributed by atoms with Gasteiger partial charge in [0.05, 0.1) is 22.1 Å². The zero-order valence-electron chi connectivity index (χ0n) is 21.7. The SMILES string of the molecule is O=[N+]([O-])c1ccc(Oc2ccccc2/C=N\Nc2nc(Nc3ccccc3)nc(N3CCCCC3)n2)c([N+](=O)[O-])c1. The summed E-state index contributed by atoms with van der Waals surface area (Å²) < 4.78 is 5.78. The number of nitro benzene ring substituents is 2. The highest BCUT2D eigenvalue weighted by molar-refractivity contribution is 5.84. The standard InChI is InChI=1S/C27H25N9O5/c37-35(38)21-13-14-24(22(17-21)36(39)40)41-23-12-6-5-9-19(23)18-28-33-26-30-25(29-20-10-3-1-4-11-20)31-27(32-26)34-15-7-2-8-16-34/h1,3-6,9-14,17-18H,2,7-8,15-16H2,(H2,29,30,31,32,33)/b28-18-. The number of ether oxygens (including phenoxy) is 1. The highest BCUT2D eigenvalue weighted by Gasteiger charge is 2.22. The lowest BCUT2D eigenvalue weighted by Crippen LogP contribution is -2.31. The lowest BCUT2D eigenvalue weighted by Gasteiger charge is -2.26. The normalized spacial score (nSPS) is 13.1. The number of anilines is 4. The summed E-state index contributed by atoms with van der Waals surface area (Å²) in [5.41, 5.74) is 3.21. The first-order chi connectivity index (χ1) is 20.0. The van der Waals surface area contributed by atoms with Crippen LogP contribution in [0.3, 0.4) is 0 Å². The fraction of sp³-hybridized carbons (Fsp3) is 0.185. The Morgan fingerprint density at radius 3 is 2.32 bits per heavy atom. The number of piperidine rings is 1. The molecule has 2 N–H and O–H groups in total. The molecular formula is C27H25N9O5. The fourth-order valence-corrected chi connectivity index (χ4v) is 4.16. The maximum atomic E-state index is 11.5. The van der Waals surface area contributed by atoms with Crippen LogP contribution < -0.4 is 20.4 Å². The van der Waals surface area contributed by atoms with E-state index in [2.05, 4.69) is 35.7 Å². The van der Waals surface area contributed by atoms with Gasteiger partial charge in [0.2, 0.25) is 23.6 Å². The van der Waals surface area contributed by atoms with E-state index in [-0.39, 0.29) is 17.4 Å². The molecule has 1 aliphatic heterocycles. The summed E-state index contributed by atoms with van der Waals surface area (Å²) in [4.78, 5) is 36.9. The van der Waals surface area contributed by atoms with Crippen molar-refractivity contribution < 1.29 is 14.6 Å². The van der Waals surface area contributed by atoms with Crippen molar-refractivity contribution in [2.75, 3.05) is 28.7 Å². The van der Waals surface area contributed by atoms with E-state index in [0.29, 0.717) is 17.5 Å². The first-order valence-electron chi connectivity index (χ1n) is 12.8. The molecule has 0 unspecified atom stereocenters. The Labute approximate surface area is 234 Å². The van der Waals surface area contributed by atoms with Gasteiger partial charge in [-0.2, -0.15) is 20.1 Å². The minimum absolute atomic E-state index is 0.144. The maximum Gasteiger partial charge on any atom is 0.318 e. The van der Waals surface area contributed by atoms with E-state index in [9.17, 15) is 20.2 Å². The lowest BCUT2D eigenvalue weighted by atomic mass is 10.1. The molecule has 2 heterocycles. The molecule has 1 saturated heterocycles. The van der Waals surface area contributed by atoms with Crippen molar-refractivity contribution in [3.05, 3.63) is 98.6 Å². The molecule has 1 fully saturated rings. The van der Waals surface area contributed by atoms with Gasteiger partial charge in [-0.15, -0.1) is 0 Å². The third-order valence-electron chi connectivity index (χ3n) is 6.15. The largest absolute Gasteiger partial charge is 0.449 e. The van der Waals surface area contributed by atoms with Crippen molar-refractivity contribution in [2.45, 2.75) is 19.3 Å². The molecule has 0 bridgehead atoms. The minimum Gasteiger partial charge on any atom is -0.449 e. The smallest absolute Gasteiger partial charge is 0.318 e. The van der Waals surface area contributed by atoms with Crippen LogP contribution >= 0.6 is 0 Å². The van der Waals surface area contributed by atoms with E-state index in [0.717, 1.165) is 50.2 Å². The van der Waals surface area contributed by atoms with Gasteiger partial charge in [-0.1, -0.05) is 30.3 Å². The van der Waals surface area contributed by atoms with Gasteiger partial charge < -0.3 is 15.0 Å². The summed E-state index contributed by atoms with van der Waals surface area (Å²) in [6.07, 6.45) is 4.73. The van der Waals surface area contributed by atoms with Crippen LogP contribution in [0, 0.1) is 20.2 Å². The Bertz CT molecular complexity index is 1580. The topological polar surface area (TPSA) is 174 Å². The molecule has 0 saturated carbocycles. The average molecular weight is 556 g/mol. The molecule has 0 radical (unpaired) electrons. The molecule has 14 nitrogen and oxygen atoms in total. The minimum atomic E-state index is -0.734. The van der Waals surface area contributed by atoms with Crippen LogP contribution in [-0.4, -0.2) is 44.1 Å². The van der Waals surface area contributed by atoms with Crippen LogP contribution in [-0.2, 0) is 0 Å². The number of hydrogen-bond acceptors (Lipinski definition) is 12. The molecule has 0 atom stereocenters. The number of nitro groups is 2. The number of hydrazone groups is 1. The van der Waals surface area contributed by atoms with Crippen molar-refractivity contribution in [3.63, 3.8) is 0 Å². The number of aromatic nitrogens is 3. The molecule has 14 heteroatoms. The van der Waals surface area contributed by atoms with Crippen LogP contribution in [0.2, 0.25) is 0 Å². The predicted octanol–water partition coefficient (Wildman–Crippen LogP) is 5.66. The fourth-order valence-electron chi connectivity index (χ4n) is 4.16. The van der Waals surface area contributed by atoms with Gasteiger partial charge in [-0.05, 0) is 49.6 Å². The second-order valence-corrected chi connectivity index (χ2v) is 9.00. The highest BCUT2D eigenvalue weighted by Crippen LogP contribution is 2.35. The van der Waals surface area contributed by atoms with E-state index in [4.69, 9.17) is 4.74 Å². The summed E-state index contributed by atoms with van der Waals surface area (Å²) >= 11 is 0. The summed E-state index contributed by atoms with van der Waals surface area (Å²) in [6, 6.07) is 19.5. The Balaban J connectivity index is 1.38. The number of benzene rings is 3. The van der Waals surface area contributed by atoms with E-state index in [1.54, 1.807) is 24.3 Å². The van der Waals surface area contributed by atoms with Crippen molar-refractivity contribution >= 4 is 41.1 Å². The quantitative estimate of drug-likeness (QED) is 0.140. The molecule has 0 aliphatic carbocycles. The number of non-ortho nitro benzene ring substituents is 1. The number of nitrogens with one attached hydrogen (secondary N) is 2. The van der Waals surface area contributed by atoms with E-state index < -0.39 is 21.2 Å². The molecule has 4 aromatic rings. The van der Waals surface area contributed by atoms with Crippen molar-refractivity contribution in [1.29, 1.82) is 0 Å².